The summed E-state index contributed by atoms with van der Waals surface area (Å²) in [6, 6.07) is 3.77. The first kappa shape index (κ1) is 9.27. The third-order valence-corrected chi connectivity index (χ3v) is 2.60. The van der Waals surface area contributed by atoms with Crippen molar-refractivity contribution in [1.82, 2.24) is 4.98 Å². The maximum absolute atomic E-state index is 9.39. The summed E-state index contributed by atoms with van der Waals surface area (Å²) in [5.74, 6) is 0.910. The molecule has 1 aromatic heterocycles. The average molecular weight is 193 g/mol. The van der Waals surface area contributed by atoms with Crippen molar-refractivity contribution in [2.45, 2.75) is 19.4 Å². The Morgan fingerprint density at radius 1 is 1.57 bits per heavy atom. The molecule has 1 aliphatic rings. The number of aliphatic hydroxyl groups excluding tert-OH is 1. The molecular formula is C10H15N3O. The molecule has 2 rings (SSSR count). The number of nitrogens with two attached hydrogens (primary N) is 1. The minimum Gasteiger partial charge on any atom is -0.397 e. The molecule has 0 amide bonds. The lowest BCUT2D eigenvalue weighted by molar-refractivity contribution is 0.198. The van der Waals surface area contributed by atoms with E-state index in [1.54, 1.807) is 0 Å². The van der Waals surface area contributed by atoms with Gasteiger partial charge < -0.3 is 15.7 Å². The first-order valence-electron chi connectivity index (χ1n) is 4.83. The Balaban J connectivity index is 2.20. The molecule has 0 unspecified atom stereocenters. The lowest BCUT2D eigenvalue weighted by Crippen LogP contribution is -2.22. The fourth-order valence-electron chi connectivity index (χ4n) is 1.68. The van der Waals surface area contributed by atoms with Crippen LogP contribution in [0.5, 0.6) is 0 Å². The van der Waals surface area contributed by atoms with Crippen molar-refractivity contribution in [2.24, 2.45) is 0 Å². The van der Waals surface area contributed by atoms with Crippen molar-refractivity contribution in [3.8, 4) is 0 Å². The molecule has 0 radical (unpaired) electrons. The first-order chi connectivity index (χ1) is 6.66. The van der Waals surface area contributed by atoms with Gasteiger partial charge in [-0.3, -0.25) is 0 Å². The van der Waals surface area contributed by atoms with Crippen LogP contribution in [-0.4, -0.2) is 29.3 Å². The molecule has 4 heteroatoms. The van der Waals surface area contributed by atoms with Gasteiger partial charge in [-0.2, -0.15) is 0 Å². The summed E-state index contributed by atoms with van der Waals surface area (Å²) in [5.41, 5.74) is 7.25. The second kappa shape index (κ2) is 3.46. The van der Waals surface area contributed by atoms with Crippen LogP contribution in [0.4, 0.5) is 11.5 Å². The number of rotatable bonds is 1. The van der Waals surface area contributed by atoms with E-state index in [4.69, 9.17) is 5.73 Å². The molecular weight excluding hydrogens is 178 g/mol. The molecule has 4 nitrogen and oxygen atoms in total. The standard InChI is InChI=1S/C10H15N3O/c1-7-9(11)2-3-10(12-7)13-5-4-8(14)6-13/h2-3,8,14H,4-6,11H2,1H3/t8-/m1/s1. The van der Waals surface area contributed by atoms with Gasteiger partial charge in [-0.25, -0.2) is 4.98 Å². The van der Waals surface area contributed by atoms with Crippen LogP contribution in [0.3, 0.4) is 0 Å². The summed E-state index contributed by atoms with van der Waals surface area (Å²) in [6.07, 6.45) is 0.611. The van der Waals surface area contributed by atoms with Gasteiger partial charge in [-0.15, -0.1) is 0 Å². The number of aliphatic hydroxyl groups is 1. The lowest BCUT2D eigenvalue weighted by Gasteiger charge is -2.17. The Labute approximate surface area is 83.4 Å². The van der Waals surface area contributed by atoms with Gasteiger partial charge in [-0.1, -0.05) is 0 Å². The van der Waals surface area contributed by atoms with E-state index in [1.165, 1.54) is 0 Å². The summed E-state index contributed by atoms with van der Waals surface area (Å²) in [4.78, 5) is 6.46. The van der Waals surface area contributed by atoms with E-state index in [0.29, 0.717) is 12.2 Å². The Hall–Kier alpha value is -1.29. The van der Waals surface area contributed by atoms with Gasteiger partial charge in [0.05, 0.1) is 17.5 Å². The van der Waals surface area contributed by atoms with Gasteiger partial charge in [0.2, 0.25) is 0 Å². The number of hydrogen-bond donors (Lipinski definition) is 2. The maximum atomic E-state index is 9.39. The number of aromatic nitrogens is 1. The first-order valence-corrected chi connectivity index (χ1v) is 4.83. The van der Waals surface area contributed by atoms with Crippen molar-refractivity contribution in [2.75, 3.05) is 23.7 Å². The van der Waals surface area contributed by atoms with Crippen LogP contribution >= 0.6 is 0 Å². The fraction of sp³-hybridized carbons (Fsp3) is 0.500. The second-order valence-electron chi connectivity index (χ2n) is 3.73. The van der Waals surface area contributed by atoms with Crippen LogP contribution in [0.25, 0.3) is 0 Å². The molecule has 14 heavy (non-hydrogen) atoms. The molecule has 0 saturated carbocycles. The van der Waals surface area contributed by atoms with Gasteiger partial charge in [-0.05, 0) is 25.5 Å². The average Bonchev–Trinajstić information content (AvgIpc) is 2.57. The van der Waals surface area contributed by atoms with Crippen molar-refractivity contribution in [3.05, 3.63) is 17.8 Å². The molecule has 1 atom stereocenters. The van der Waals surface area contributed by atoms with E-state index in [2.05, 4.69) is 9.88 Å². The van der Waals surface area contributed by atoms with Crippen LogP contribution in [0.15, 0.2) is 12.1 Å². The monoisotopic (exact) mass is 193 g/mol. The summed E-state index contributed by atoms with van der Waals surface area (Å²) in [7, 11) is 0. The Morgan fingerprint density at radius 2 is 2.36 bits per heavy atom. The van der Waals surface area contributed by atoms with Gasteiger partial charge in [0.25, 0.3) is 0 Å². The SMILES string of the molecule is Cc1nc(N2CC[C@@H](O)C2)ccc1N. The van der Waals surface area contributed by atoms with Crippen molar-refractivity contribution in [1.29, 1.82) is 0 Å². The van der Waals surface area contributed by atoms with Crippen LogP contribution in [-0.2, 0) is 0 Å². The summed E-state index contributed by atoms with van der Waals surface area (Å²) in [6.45, 7) is 3.44. The molecule has 0 spiro atoms. The number of nitrogens with zero attached hydrogens (tertiary/aromatic N) is 2. The third-order valence-electron chi connectivity index (χ3n) is 2.60. The number of β-amino-alcohol motifs (C(OH)–C–C–N with tert-alkyl or cyclic N) is 1. The van der Waals surface area contributed by atoms with Crippen LogP contribution < -0.4 is 10.6 Å². The molecule has 2 heterocycles. The molecule has 0 bridgehead atoms. The highest BCUT2D eigenvalue weighted by Crippen LogP contribution is 2.20. The smallest absolute Gasteiger partial charge is 0.129 e. The molecule has 1 aromatic rings. The number of nitrogen functional groups attached to an aromatic ring is 1. The van der Waals surface area contributed by atoms with E-state index in [9.17, 15) is 5.11 Å². The van der Waals surface area contributed by atoms with Gasteiger partial charge in [0.15, 0.2) is 0 Å². The molecule has 3 N–H and O–H groups in total. The van der Waals surface area contributed by atoms with E-state index >= 15 is 0 Å². The van der Waals surface area contributed by atoms with Gasteiger partial charge in [0.1, 0.15) is 5.82 Å². The summed E-state index contributed by atoms with van der Waals surface area (Å²) >= 11 is 0. The number of pyridine rings is 1. The Bertz CT molecular complexity index is 340. The zero-order valence-electron chi connectivity index (χ0n) is 8.27. The van der Waals surface area contributed by atoms with E-state index in [-0.39, 0.29) is 6.10 Å². The summed E-state index contributed by atoms with van der Waals surface area (Å²) < 4.78 is 0. The quantitative estimate of drug-likeness (QED) is 0.683. The maximum Gasteiger partial charge on any atom is 0.129 e. The highest BCUT2D eigenvalue weighted by molar-refractivity contribution is 5.50. The minimum absolute atomic E-state index is 0.213. The zero-order chi connectivity index (χ0) is 10.1. The van der Waals surface area contributed by atoms with Crippen molar-refractivity contribution >= 4 is 11.5 Å². The van der Waals surface area contributed by atoms with Crippen LogP contribution in [0.1, 0.15) is 12.1 Å². The van der Waals surface area contributed by atoms with Crippen LogP contribution in [0.2, 0.25) is 0 Å². The predicted octanol–water partition coefficient (Wildman–Crippen LogP) is 0.543. The molecule has 76 valence electrons. The molecule has 1 aliphatic heterocycles. The highest BCUT2D eigenvalue weighted by atomic mass is 16.3. The van der Waals surface area contributed by atoms with Crippen LogP contribution in [0, 0.1) is 6.92 Å². The second-order valence-corrected chi connectivity index (χ2v) is 3.73. The van der Waals surface area contributed by atoms with Crippen molar-refractivity contribution in [3.63, 3.8) is 0 Å². The lowest BCUT2D eigenvalue weighted by atomic mass is 10.3. The molecule has 0 aromatic carbocycles. The topological polar surface area (TPSA) is 62.4 Å². The number of anilines is 2. The summed E-state index contributed by atoms with van der Waals surface area (Å²) in [5, 5.41) is 9.39. The van der Waals surface area contributed by atoms with E-state index < -0.39 is 0 Å². The molecule has 1 saturated heterocycles. The normalized spacial score (nSPS) is 21.6. The molecule has 0 aliphatic carbocycles. The predicted molar refractivity (Wildman–Crippen MR) is 56.2 cm³/mol. The van der Waals surface area contributed by atoms with Gasteiger partial charge in [0, 0.05) is 13.1 Å². The van der Waals surface area contributed by atoms with E-state index in [1.807, 2.05) is 19.1 Å². The van der Waals surface area contributed by atoms with Crippen molar-refractivity contribution < 1.29 is 5.11 Å². The zero-order valence-corrected chi connectivity index (χ0v) is 8.27. The number of aryl methyl sites for hydroxylation is 1. The highest BCUT2D eigenvalue weighted by Gasteiger charge is 2.21. The Kier molecular flexibility index (Phi) is 2.29. The van der Waals surface area contributed by atoms with Gasteiger partial charge >= 0.3 is 0 Å². The number of hydrogen-bond acceptors (Lipinski definition) is 4. The largest absolute Gasteiger partial charge is 0.397 e. The third kappa shape index (κ3) is 1.65. The Morgan fingerprint density at radius 3 is 2.93 bits per heavy atom. The molecule has 1 fully saturated rings. The minimum atomic E-state index is -0.213. The van der Waals surface area contributed by atoms with E-state index in [0.717, 1.165) is 24.5 Å². The fourth-order valence-corrected chi connectivity index (χ4v) is 1.68.